The zero-order valence-corrected chi connectivity index (χ0v) is 34.8. The van der Waals surface area contributed by atoms with E-state index in [0.29, 0.717) is 5.92 Å². The summed E-state index contributed by atoms with van der Waals surface area (Å²) in [7, 11) is 0. The van der Waals surface area contributed by atoms with Crippen LogP contribution in [0.2, 0.25) is 0 Å². The fourth-order valence-electron chi connectivity index (χ4n) is 7.04. The van der Waals surface area contributed by atoms with Crippen LogP contribution in [0, 0.1) is 22.8 Å². The maximum Gasteiger partial charge on any atom is 0.164 e. The van der Waals surface area contributed by atoms with Crippen molar-refractivity contribution >= 4 is 38.0 Å². The molecule has 0 saturated heterocycles. The van der Waals surface area contributed by atoms with Gasteiger partial charge in [-0.2, -0.15) is 0 Å². The number of nitrogens with zero attached hydrogens (tertiary/aromatic N) is 1. The van der Waals surface area contributed by atoms with E-state index in [9.17, 15) is 9.90 Å². The number of carbonyl (C=O) groups is 1. The first kappa shape index (κ1) is 39.7. The van der Waals surface area contributed by atoms with Gasteiger partial charge < -0.3 is 10.1 Å². The van der Waals surface area contributed by atoms with Crippen LogP contribution in [0.1, 0.15) is 112 Å². The van der Waals surface area contributed by atoms with Crippen LogP contribution in [0.3, 0.4) is 0 Å². The van der Waals surface area contributed by atoms with E-state index in [4.69, 9.17) is 4.98 Å². The smallest absolute Gasteiger partial charge is 0.164 e. The van der Waals surface area contributed by atoms with Crippen LogP contribution in [-0.2, 0) is 36.7 Å². The van der Waals surface area contributed by atoms with Gasteiger partial charge in [0.25, 0.3) is 0 Å². The van der Waals surface area contributed by atoms with E-state index in [1.165, 1.54) is 54.1 Å². The molecule has 0 fully saturated rings. The molecule has 2 aromatic heterocycles. The summed E-state index contributed by atoms with van der Waals surface area (Å²) in [6, 6.07) is 25.7. The molecule has 0 bridgehead atoms. The number of carbonyl (C=O) groups excluding carboxylic acids is 1. The Hall–Kier alpha value is -3.11. The van der Waals surface area contributed by atoms with Gasteiger partial charge in [-0.25, -0.2) is 0 Å². The van der Waals surface area contributed by atoms with Gasteiger partial charge in [-0.05, 0) is 87.4 Å². The summed E-state index contributed by atoms with van der Waals surface area (Å²) >= 11 is 1.91. The van der Waals surface area contributed by atoms with Crippen molar-refractivity contribution in [3.05, 3.63) is 101 Å². The predicted molar refractivity (Wildman–Crippen MR) is 211 cm³/mol. The number of aromatic nitrogens is 1. The SMILES string of the molecule is CC(C)Cc1ccc2cnc(-c3[c-]ccc4c3-c3sc5ccccc5c3C4(C)C)cc2c1.CCC(C)(CC)C(=O)/C=C(\O)C(C)(CC)CC.[Ir]. The third-order valence-corrected chi connectivity index (χ3v) is 12.6. The van der Waals surface area contributed by atoms with Crippen LogP contribution in [0.5, 0.6) is 0 Å². The van der Waals surface area contributed by atoms with E-state index in [1.807, 2.05) is 59.1 Å². The number of hydrogen-bond donors (Lipinski definition) is 1. The Balaban J connectivity index is 0.000000269. The molecule has 5 aromatic rings. The molecule has 267 valence electrons. The third kappa shape index (κ3) is 7.43. The summed E-state index contributed by atoms with van der Waals surface area (Å²) in [5, 5.41) is 14.0. The molecule has 0 unspecified atom stereocenters. The maximum atomic E-state index is 12.2. The first-order valence-corrected chi connectivity index (χ1v) is 19.0. The van der Waals surface area contributed by atoms with Crippen LogP contribution < -0.4 is 0 Å². The van der Waals surface area contributed by atoms with Crippen LogP contribution in [0.15, 0.2) is 78.7 Å². The van der Waals surface area contributed by atoms with Crippen molar-refractivity contribution in [2.24, 2.45) is 16.7 Å². The van der Waals surface area contributed by atoms with E-state index in [0.717, 1.165) is 43.4 Å². The van der Waals surface area contributed by atoms with Gasteiger partial charge in [-0.1, -0.05) is 117 Å². The molecule has 0 amide bonds. The Labute approximate surface area is 318 Å². The van der Waals surface area contributed by atoms with E-state index >= 15 is 0 Å². The minimum atomic E-state index is -0.337. The van der Waals surface area contributed by atoms with Crippen molar-refractivity contribution in [1.82, 2.24) is 4.98 Å². The number of aliphatic hydroxyl groups excluding tert-OH is 1. The summed E-state index contributed by atoms with van der Waals surface area (Å²) < 4.78 is 1.36. The molecule has 1 aliphatic rings. The Morgan fingerprint density at radius 1 is 0.940 bits per heavy atom. The molecule has 3 aromatic carbocycles. The largest absolute Gasteiger partial charge is 0.512 e. The summed E-state index contributed by atoms with van der Waals surface area (Å²) in [6.45, 7) is 21.3. The molecule has 6 rings (SSSR count). The minimum Gasteiger partial charge on any atom is -0.512 e. The fraction of sp³-hybridized carbons (Fsp3) is 0.422. The summed E-state index contributed by atoms with van der Waals surface area (Å²) in [5.74, 6) is 0.932. The molecular weight excluding hydrogens is 811 g/mol. The van der Waals surface area contributed by atoms with Crippen LogP contribution in [-0.4, -0.2) is 15.9 Å². The van der Waals surface area contributed by atoms with Crippen molar-refractivity contribution in [2.75, 3.05) is 0 Å². The normalized spacial score (nSPS) is 13.9. The standard InChI is InChI=1S/C30H26NS.C15H28O2.Ir/c1-18(2)14-19-12-13-20-17-31-25(16-21(20)15-19)22-9-7-10-24-27(22)29-28(30(24,3)4)23-8-5-6-11-26(23)32-29;1-7-14(5,8-2)12(16)11-13(17)15(6,9-3)10-4;/h5-8,10-13,15-18H,14H2,1-4H3;11,16H,7-10H2,1-6H3;/q-1;;/b;12-11-;. The molecular formula is C45H54IrNO2S-. The average molecular weight is 865 g/mol. The number of allylic oxidation sites excluding steroid dienone is 2. The second-order valence-corrected chi connectivity index (χ2v) is 16.4. The van der Waals surface area contributed by atoms with E-state index in [1.54, 1.807) is 0 Å². The fourth-order valence-corrected chi connectivity index (χ4v) is 8.47. The molecule has 3 nitrogen and oxygen atoms in total. The molecule has 2 heterocycles. The second kappa shape index (κ2) is 15.6. The van der Waals surface area contributed by atoms with Gasteiger partial charge in [0, 0.05) is 47.9 Å². The molecule has 50 heavy (non-hydrogen) atoms. The molecule has 1 aliphatic carbocycles. The van der Waals surface area contributed by atoms with E-state index in [2.05, 4.69) is 94.4 Å². The molecule has 0 aliphatic heterocycles. The van der Waals surface area contributed by atoms with Gasteiger partial charge >= 0.3 is 0 Å². The summed E-state index contributed by atoms with van der Waals surface area (Å²) in [4.78, 5) is 18.5. The Morgan fingerprint density at radius 3 is 2.24 bits per heavy atom. The quantitative estimate of drug-likeness (QED) is 0.0864. The van der Waals surface area contributed by atoms with Crippen molar-refractivity contribution in [3.63, 3.8) is 0 Å². The zero-order chi connectivity index (χ0) is 35.7. The first-order chi connectivity index (χ1) is 23.2. The Kier molecular flexibility index (Phi) is 12.4. The Bertz CT molecular complexity index is 2010. The zero-order valence-electron chi connectivity index (χ0n) is 31.6. The number of hydrogen-bond acceptors (Lipinski definition) is 4. The van der Waals surface area contributed by atoms with E-state index < -0.39 is 0 Å². The number of fused-ring (bicyclic) bond motifs is 6. The van der Waals surface area contributed by atoms with Gasteiger partial charge in [-0.3, -0.25) is 4.79 Å². The number of rotatable bonds is 10. The monoisotopic (exact) mass is 865 g/mol. The van der Waals surface area contributed by atoms with Crippen LogP contribution >= 0.6 is 11.3 Å². The Morgan fingerprint density at radius 2 is 1.60 bits per heavy atom. The molecule has 1 radical (unpaired) electrons. The van der Waals surface area contributed by atoms with Crippen molar-refractivity contribution in [1.29, 1.82) is 0 Å². The van der Waals surface area contributed by atoms with Gasteiger partial charge in [-0.15, -0.1) is 40.7 Å². The number of aliphatic hydroxyl groups is 1. The first-order valence-electron chi connectivity index (χ1n) is 18.1. The molecule has 0 spiro atoms. The minimum absolute atomic E-state index is 0. The predicted octanol–water partition coefficient (Wildman–Crippen LogP) is 13.1. The maximum absolute atomic E-state index is 12.2. The van der Waals surface area contributed by atoms with Crippen molar-refractivity contribution in [2.45, 2.75) is 107 Å². The molecule has 0 saturated carbocycles. The topological polar surface area (TPSA) is 50.2 Å². The van der Waals surface area contributed by atoms with Crippen molar-refractivity contribution < 1.29 is 30.0 Å². The number of benzene rings is 3. The third-order valence-electron chi connectivity index (χ3n) is 11.4. The van der Waals surface area contributed by atoms with Crippen LogP contribution in [0.4, 0.5) is 0 Å². The van der Waals surface area contributed by atoms with Gasteiger partial charge in [0.05, 0.1) is 0 Å². The van der Waals surface area contributed by atoms with Crippen molar-refractivity contribution in [3.8, 4) is 21.7 Å². The average Bonchev–Trinajstić information content (AvgIpc) is 3.60. The van der Waals surface area contributed by atoms with Crippen LogP contribution in [0.25, 0.3) is 42.6 Å². The number of pyridine rings is 1. The van der Waals surface area contributed by atoms with Gasteiger partial charge in [0.2, 0.25) is 0 Å². The van der Waals surface area contributed by atoms with Gasteiger partial charge in [0.15, 0.2) is 5.78 Å². The molecule has 0 atom stereocenters. The molecule has 1 N–H and O–H groups in total. The number of ketones is 1. The molecule has 5 heteroatoms. The van der Waals surface area contributed by atoms with Gasteiger partial charge in [0.1, 0.15) is 5.76 Å². The second-order valence-electron chi connectivity index (χ2n) is 15.3. The number of thiophene rings is 1. The summed E-state index contributed by atoms with van der Waals surface area (Å²) in [5.41, 5.74) is 7.04. The summed E-state index contributed by atoms with van der Waals surface area (Å²) in [6.07, 6.45) is 7.87. The van der Waals surface area contributed by atoms with E-state index in [-0.39, 0.29) is 47.9 Å².